The average molecular weight is 220 g/mol. The molecule has 0 aliphatic rings. The van der Waals surface area contributed by atoms with Crippen LogP contribution in [0.5, 0.6) is 0 Å². The van der Waals surface area contributed by atoms with Crippen LogP contribution in [0.4, 0.5) is 0 Å². The van der Waals surface area contributed by atoms with E-state index in [4.69, 9.17) is 4.74 Å². The van der Waals surface area contributed by atoms with Gasteiger partial charge >= 0.3 is 0 Å². The molecule has 0 bridgehead atoms. The molecule has 0 heterocycles. The lowest BCUT2D eigenvalue weighted by Gasteiger charge is -2.22. The fourth-order valence-electron chi connectivity index (χ4n) is 2.16. The molecule has 0 aliphatic carbocycles. The van der Waals surface area contributed by atoms with Crippen molar-refractivity contribution in [2.24, 2.45) is 5.92 Å². The Morgan fingerprint density at radius 3 is 2.44 bits per heavy atom. The average Bonchev–Trinajstić information content (AvgIpc) is 2.31. The number of hydrogen-bond acceptors (Lipinski definition) is 1. The molecule has 2 unspecified atom stereocenters. The van der Waals surface area contributed by atoms with Gasteiger partial charge in [-0.25, -0.2) is 0 Å². The maximum Gasteiger partial charge on any atom is 0.0600 e. The van der Waals surface area contributed by atoms with Crippen LogP contribution >= 0.6 is 0 Å². The van der Waals surface area contributed by atoms with E-state index in [0.29, 0.717) is 12.0 Å². The van der Waals surface area contributed by atoms with Crippen molar-refractivity contribution in [3.63, 3.8) is 0 Å². The smallest absolute Gasteiger partial charge is 0.0600 e. The first kappa shape index (κ1) is 13.2. The number of rotatable bonds is 7. The van der Waals surface area contributed by atoms with Crippen molar-refractivity contribution in [3.05, 3.63) is 35.9 Å². The lowest BCUT2D eigenvalue weighted by molar-refractivity contribution is 0.0501. The van der Waals surface area contributed by atoms with Gasteiger partial charge in [-0.15, -0.1) is 0 Å². The van der Waals surface area contributed by atoms with Crippen LogP contribution in [0.25, 0.3) is 0 Å². The van der Waals surface area contributed by atoms with Gasteiger partial charge in [0.05, 0.1) is 6.10 Å². The van der Waals surface area contributed by atoms with E-state index in [9.17, 15) is 0 Å². The number of benzene rings is 1. The normalized spacial score (nSPS) is 14.7. The van der Waals surface area contributed by atoms with E-state index < -0.39 is 0 Å². The van der Waals surface area contributed by atoms with Crippen molar-refractivity contribution >= 4 is 0 Å². The molecule has 1 aromatic rings. The Balaban J connectivity index is 2.46. The van der Waals surface area contributed by atoms with E-state index in [1.54, 1.807) is 0 Å². The SMILES string of the molecule is CCCCC(OC)C(C)Cc1ccccc1. The highest BCUT2D eigenvalue weighted by Gasteiger charge is 2.16. The van der Waals surface area contributed by atoms with Crippen LogP contribution in [0, 0.1) is 5.92 Å². The zero-order valence-corrected chi connectivity index (χ0v) is 10.8. The monoisotopic (exact) mass is 220 g/mol. The van der Waals surface area contributed by atoms with Crippen LogP contribution in [0.2, 0.25) is 0 Å². The summed E-state index contributed by atoms with van der Waals surface area (Å²) in [5.74, 6) is 0.596. The van der Waals surface area contributed by atoms with Crippen molar-refractivity contribution in [2.75, 3.05) is 7.11 Å². The number of ether oxygens (including phenoxy) is 1. The largest absolute Gasteiger partial charge is 0.381 e. The maximum atomic E-state index is 5.59. The third kappa shape index (κ3) is 4.36. The lowest BCUT2D eigenvalue weighted by Crippen LogP contribution is -2.22. The van der Waals surface area contributed by atoms with Crippen LogP contribution in [0.1, 0.15) is 38.7 Å². The third-order valence-corrected chi connectivity index (χ3v) is 3.18. The standard InChI is InChI=1S/C15H24O/c1-4-5-11-15(16-3)13(2)12-14-9-7-6-8-10-14/h6-10,13,15H,4-5,11-12H2,1-3H3. The predicted molar refractivity (Wildman–Crippen MR) is 69.6 cm³/mol. The first-order valence-electron chi connectivity index (χ1n) is 6.34. The molecule has 0 N–H and O–H groups in total. The molecule has 0 saturated carbocycles. The van der Waals surface area contributed by atoms with Gasteiger partial charge in [0.15, 0.2) is 0 Å². The Hall–Kier alpha value is -0.820. The number of methoxy groups -OCH3 is 1. The summed E-state index contributed by atoms with van der Waals surface area (Å²) in [6, 6.07) is 10.7. The van der Waals surface area contributed by atoms with Gasteiger partial charge in [-0.2, -0.15) is 0 Å². The minimum absolute atomic E-state index is 0.403. The third-order valence-electron chi connectivity index (χ3n) is 3.18. The van der Waals surface area contributed by atoms with Gasteiger partial charge in [0, 0.05) is 7.11 Å². The molecular weight excluding hydrogens is 196 g/mol. The Morgan fingerprint density at radius 1 is 1.19 bits per heavy atom. The van der Waals surface area contributed by atoms with Crippen LogP contribution < -0.4 is 0 Å². The molecule has 0 spiro atoms. The minimum Gasteiger partial charge on any atom is -0.381 e. The Bertz CT molecular complexity index is 268. The first-order valence-corrected chi connectivity index (χ1v) is 6.34. The lowest BCUT2D eigenvalue weighted by atomic mass is 9.93. The maximum absolute atomic E-state index is 5.59. The Labute approximate surface area is 99.8 Å². The molecule has 1 nitrogen and oxygen atoms in total. The van der Waals surface area contributed by atoms with Gasteiger partial charge < -0.3 is 4.74 Å². The fraction of sp³-hybridized carbons (Fsp3) is 0.600. The summed E-state index contributed by atoms with van der Waals surface area (Å²) >= 11 is 0. The second-order valence-electron chi connectivity index (χ2n) is 4.58. The van der Waals surface area contributed by atoms with Crippen LogP contribution in [0.3, 0.4) is 0 Å². The van der Waals surface area contributed by atoms with Gasteiger partial charge in [0.2, 0.25) is 0 Å². The van der Waals surface area contributed by atoms with Crippen LogP contribution in [0.15, 0.2) is 30.3 Å². The second kappa shape index (κ2) is 7.45. The summed E-state index contributed by atoms with van der Waals surface area (Å²) in [7, 11) is 1.84. The fourth-order valence-corrected chi connectivity index (χ4v) is 2.16. The summed E-state index contributed by atoms with van der Waals surface area (Å²) in [5.41, 5.74) is 1.41. The molecule has 1 rings (SSSR count). The van der Waals surface area contributed by atoms with Gasteiger partial charge in [-0.05, 0) is 24.3 Å². The molecule has 1 aromatic carbocycles. The Morgan fingerprint density at radius 2 is 1.88 bits per heavy atom. The van der Waals surface area contributed by atoms with E-state index in [0.717, 1.165) is 6.42 Å². The molecule has 0 fully saturated rings. The molecule has 2 atom stereocenters. The highest BCUT2D eigenvalue weighted by molar-refractivity contribution is 5.15. The van der Waals surface area contributed by atoms with Crippen LogP contribution in [-0.2, 0) is 11.2 Å². The van der Waals surface area contributed by atoms with E-state index in [2.05, 4.69) is 44.2 Å². The second-order valence-corrected chi connectivity index (χ2v) is 4.58. The minimum atomic E-state index is 0.403. The molecule has 0 aromatic heterocycles. The topological polar surface area (TPSA) is 9.23 Å². The van der Waals surface area contributed by atoms with Gasteiger partial charge in [0.25, 0.3) is 0 Å². The summed E-state index contributed by atoms with van der Waals surface area (Å²) in [6.45, 7) is 4.52. The zero-order chi connectivity index (χ0) is 11.8. The molecule has 0 saturated heterocycles. The summed E-state index contributed by atoms with van der Waals surface area (Å²) in [5, 5.41) is 0. The molecule has 1 heteroatoms. The molecule has 16 heavy (non-hydrogen) atoms. The first-order chi connectivity index (χ1) is 7.77. The van der Waals surface area contributed by atoms with E-state index in [1.807, 2.05) is 7.11 Å². The van der Waals surface area contributed by atoms with Gasteiger partial charge in [0.1, 0.15) is 0 Å². The number of unbranched alkanes of at least 4 members (excludes halogenated alkanes) is 1. The molecule has 0 amide bonds. The number of hydrogen-bond donors (Lipinski definition) is 0. The van der Waals surface area contributed by atoms with Crippen molar-refractivity contribution in [1.82, 2.24) is 0 Å². The zero-order valence-electron chi connectivity index (χ0n) is 10.8. The van der Waals surface area contributed by atoms with Crippen molar-refractivity contribution < 1.29 is 4.74 Å². The predicted octanol–water partition coefficient (Wildman–Crippen LogP) is 4.07. The van der Waals surface area contributed by atoms with Crippen molar-refractivity contribution in [1.29, 1.82) is 0 Å². The van der Waals surface area contributed by atoms with Crippen molar-refractivity contribution in [3.8, 4) is 0 Å². The van der Waals surface area contributed by atoms with Gasteiger partial charge in [-0.1, -0.05) is 57.0 Å². The Kier molecular flexibility index (Phi) is 6.17. The molecule has 90 valence electrons. The molecular formula is C15H24O. The summed E-state index contributed by atoms with van der Waals surface area (Å²) in [6.07, 6.45) is 5.21. The van der Waals surface area contributed by atoms with Crippen LogP contribution in [-0.4, -0.2) is 13.2 Å². The van der Waals surface area contributed by atoms with Crippen molar-refractivity contribution in [2.45, 2.75) is 45.6 Å². The quantitative estimate of drug-likeness (QED) is 0.673. The van der Waals surface area contributed by atoms with E-state index in [-0.39, 0.29) is 0 Å². The molecule has 0 aliphatic heterocycles. The van der Waals surface area contributed by atoms with E-state index >= 15 is 0 Å². The summed E-state index contributed by atoms with van der Waals surface area (Å²) < 4.78 is 5.59. The van der Waals surface area contributed by atoms with E-state index in [1.165, 1.54) is 24.8 Å². The summed E-state index contributed by atoms with van der Waals surface area (Å²) in [4.78, 5) is 0. The van der Waals surface area contributed by atoms with Gasteiger partial charge in [-0.3, -0.25) is 0 Å². The highest BCUT2D eigenvalue weighted by atomic mass is 16.5. The molecule has 0 radical (unpaired) electrons. The highest BCUT2D eigenvalue weighted by Crippen LogP contribution is 2.18.